The van der Waals surface area contributed by atoms with Gasteiger partial charge in [-0.15, -0.1) is 6.42 Å². The molecule has 0 saturated carbocycles. The second-order valence-corrected chi connectivity index (χ2v) is 4.54. The molecule has 1 aliphatic heterocycles. The van der Waals surface area contributed by atoms with E-state index in [1.807, 2.05) is 18.7 Å². The van der Waals surface area contributed by atoms with Gasteiger partial charge in [0.2, 0.25) is 11.8 Å². The highest BCUT2D eigenvalue weighted by Gasteiger charge is 2.27. The van der Waals surface area contributed by atoms with Crippen molar-refractivity contribution in [2.24, 2.45) is 0 Å². The number of amides is 2. The lowest BCUT2D eigenvalue weighted by Gasteiger charge is -2.30. The Morgan fingerprint density at radius 3 is 2.72 bits per heavy atom. The normalized spacial score (nSPS) is 16.8. The molecule has 1 saturated heterocycles. The summed E-state index contributed by atoms with van der Waals surface area (Å²) in [6.45, 7) is 5.69. The highest BCUT2D eigenvalue weighted by atomic mass is 16.2. The van der Waals surface area contributed by atoms with Crippen molar-refractivity contribution in [3.8, 4) is 12.3 Å². The Kier molecular flexibility index (Phi) is 5.17. The number of nitrogens with zero attached hydrogens (tertiary/aromatic N) is 1. The number of hydrogen-bond donors (Lipinski definition) is 2. The van der Waals surface area contributed by atoms with Crippen LogP contribution >= 0.6 is 0 Å². The third kappa shape index (κ3) is 3.74. The first-order valence-corrected chi connectivity index (χ1v) is 6.33. The lowest BCUT2D eigenvalue weighted by atomic mass is 9.94. The molecule has 0 atom stereocenters. The molecule has 0 aromatic rings. The zero-order valence-electron chi connectivity index (χ0n) is 11.1. The van der Waals surface area contributed by atoms with Gasteiger partial charge < -0.3 is 10.6 Å². The molecule has 18 heavy (non-hydrogen) atoms. The fraction of sp³-hybridized carbons (Fsp3) is 0.692. The molecule has 5 nitrogen and oxygen atoms in total. The first kappa shape index (κ1) is 14.5. The largest absolute Gasteiger partial charge is 0.354 e. The predicted molar refractivity (Wildman–Crippen MR) is 69.7 cm³/mol. The van der Waals surface area contributed by atoms with Crippen LogP contribution in [0.5, 0.6) is 0 Å². The number of piperazine rings is 1. The smallest absolute Gasteiger partial charge is 0.235 e. The standard InChI is InChI=1S/C13H21N3O2/c1-4-13(5-2,6-3)15-12(18)10-16-8-7-14-11(17)9-16/h1H,5-10H2,2-3H3,(H,14,17)(H,15,18). The van der Waals surface area contributed by atoms with Crippen molar-refractivity contribution in [3.63, 3.8) is 0 Å². The van der Waals surface area contributed by atoms with Gasteiger partial charge in [-0.1, -0.05) is 19.8 Å². The molecule has 1 aliphatic rings. The van der Waals surface area contributed by atoms with Crippen LogP contribution in [0, 0.1) is 12.3 Å². The van der Waals surface area contributed by atoms with Gasteiger partial charge in [0.1, 0.15) is 5.54 Å². The monoisotopic (exact) mass is 251 g/mol. The molecule has 0 bridgehead atoms. The molecule has 0 aromatic heterocycles. The number of terminal acetylenes is 1. The Hall–Kier alpha value is -1.54. The van der Waals surface area contributed by atoms with Gasteiger partial charge in [0.15, 0.2) is 0 Å². The van der Waals surface area contributed by atoms with E-state index in [0.29, 0.717) is 25.9 Å². The van der Waals surface area contributed by atoms with Crippen LogP contribution in [-0.4, -0.2) is 48.4 Å². The highest BCUT2D eigenvalue weighted by molar-refractivity contribution is 5.82. The second-order valence-electron chi connectivity index (χ2n) is 4.54. The molecular formula is C13H21N3O2. The van der Waals surface area contributed by atoms with Gasteiger partial charge in [-0.05, 0) is 12.8 Å². The van der Waals surface area contributed by atoms with Crippen LogP contribution in [0.25, 0.3) is 0 Å². The van der Waals surface area contributed by atoms with E-state index >= 15 is 0 Å². The maximum atomic E-state index is 11.9. The maximum Gasteiger partial charge on any atom is 0.235 e. The van der Waals surface area contributed by atoms with E-state index in [1.54, 1.807) is 0 Å². The minimum Gasteiger partial charge on any atom is -0.354 e. The molecule has 2 N–H and O–H groups in total. The van der Waals surface area contributed by atoms with E-state index < -0.39 is 5.54 Å². The van der Waals surface area contributed by atoms with Crippen molar-refractivity contribution >= 4 is 11.8 Å². The van der Waals surface area contributed by atoms with Gasteiger partial charge in [-0.3, -0.25) is 14.5 Å². The second kappa shape index (κ2) is 6.41. The fourth-order valence-electron chi connectivity index (χ4n) is 2.00. The fourth-order valence-corrected chi connectivity index (χ4v) is 2.00. The predicted octanol–water partition coefficient (Wildman–Crippen LogP) is -0.274. The lowest BCUT2D eigenvalue weighted by molar-refractivity contribution is -0.127. The van der Waals surface area contributed by atoms with E-state index in [-0.39, 0.29) is 24.9 Å². The number of hydrogen-bond acceptors (Lipinski definition) is 3. The summed E-state index contributed by atoms with van der Waals surface area (Å²) in [6, 6.07) is 0. The average Bonchev–Trinajstić information content (AvgIpc) is 2.36. The van der Waals surface area contributed by atoms with Crippen molar-refractivity contribution in [2.75, 3.05) is 26.2 Å². The molecule has 1 heterocycles. The third-order valence-corrected chi connectivity index (χ3v) is 3.35. The molecule has 2 amide bonds. The zero-order valence-corrected chi connectivity index (χ0v) is 11.1. The first-order valence-electron chi connectivity index (χ1n) is 6.33. The zero-order chi connectivity index (χ0) is 13.6. The van der Waals surface area contributed by atoms with Crippen LogP contribution in [0.15, 0.2) is 0 Å². The molecule has 0 radical (unpaired) electrons. The van der Waals surface area contributed by atoms with Crippen molar-refractivity contribution in [3.05, 3.63) is 0 Å². The molecule has 5 heteroatoms. The minimum atomic E-state index is -0.560. The van der Waals surface area contributed by atoms with E-state index in [4.69, 9.17) is 6.42 Å². The van der Waals surface area contributed by atoms with E-state index in [2.05, 4.69) is 16.6 Å². The summed E-state index contributed by atoms with van der Waals surface area (Å²) in [7, 11) is 0. The van der Waals surface area contributed by atoms with Crippen molar-refractivity contribution in [1.82, 2.24) is 15.5 Å². The molecule has 0 unspecified atom stereocenters. The molecule has 1 fully saturated rings. The number of carbonyl (C=O) groups is 2. The Balaban J connectivity index is 2.50. The SMILES string of the molecule is C#CC(CC)(CC)NC(=O)CN1CCNC(=O)C1. The highest BCUT2D eigenvalue weighted by Crippen LogP contribution is 2.13. The molecule has 100 valence electrons. The van der Waals surface area contributed by atoms with Crippen LogP contribution in [-0.2, 0) is 9.59 Å². The maximum absolute atomic E-state index is 11.9. The molecular weight excluding hydrogens is 230 g/mol. The van der Waals surface area contributed by atoms with Gasteiger partial charge in [-0.2, -0.15) is 0 Å². The Bertz CT molecular complexity index is 356. The summed E-state index contributed by atoms with van der Waals surface area (Å²) in [6.07, 6.45) is 6.89. The Morgan fingerprint density at radius 2 is 2.22 bits per heavy atom. The van der Waals surface area contributed by atoms with Crippen LogP contribution < -0.4 is 10.6 Å². The lowest BCUT2D eigenvalue weighted by Crippen LogP contribution is -2.54. The first-order chi connectivity index (χ1) is 8.55. The third-order valence-electron chi connectivity index (χ3n) is 3.35. The van der Waals surface area contributed by atoms with E-state index in [1.165, 1.54) is 0 Å². The summed E-state index contributed by atoms with van der Waals surface area (Å²) in [5.41, 5.74) is -0.560. The minimum absolute atomic E-state index is 0.0387. The van der Waals surface area contributed by atoms with Crippen LogP contribution in [0.1, 0.15) is 26.7 Å². The summed E-state index contributed by atoms with van der Waals surface area (Å²) in [5, 5.41) is 5.62. The van der Waals surface area contributed by atoms with Crippen LogP contribution in [0.3, 0.4) is 0 Å². The molecule has 0 aromatic carbocycles. The van der Waals surface area contributed by atoms with Crippen molar-refractivity contribution < 1.29 is 9.59 Å². The van der Waals surface area contributed by atoms with Gasteiger partial charge in [0, 0.05) is 13.1 Å². The van der Waals surface area contributed by atoms with Crippen LogP contribution in [0.2, 0.25) is 0 Å². The summed E-state index contributed by atoms with van der Waals surface area (Å²) < 4.78 is 0. The average molecular weight is 251 g/mol. The van der Waals surface area contributed by atoms with Crippen LogP contribution in [0.4, 0.5) is 0 Å². The van der Waals surface area contributed by atoms with Crippen molar-refractivity contribution in [2.45, 2.75) is 32.2 Å². The topological polar surface area (TPSA) is 61.4 Å². The summed E-state index contributed by atoms with van der Waals surface area (Å²) >= 11 is 0. The number of nitrogens with one attached hydrogen (secondary N) is 2. The number of carbonyl (C=O) groups excluding carboxylic acids is 2. The van der Waals surface area contributed by atoms with Gasteiger partial charge in [0.25, 0.3) is 0 Å². The van der Waals surface area contributed by atoms with Crippen molar-refractivity contribution in [1.29, 1.82) is 0 Å². The molecule has 0 spiro atoms. The Morgan fingerprint density at radius 1 is 1.56 bits per heavy atom. The van der Waals surface area contributed by atoms with Gasteiger partial charge in [-0.25, -0.2) is 0 Å². The Labute approximate surface area is 108 Å². The quantitative estimate of drug-likeness (QED) is 0.661. The van der Waals surface area contributed by atoms with Gasteiger partial charge in [0.05, 0.1) is 13.1 Å². The van der Waals surface area contributed by atoms with E-state index in [9.17, 15) is 9.59 Å². The summed E-state index contributed by atoms with van der Waals surface area (Å²) in [4.78, 5) is 24.9. The van der Waals surface area contributed by atoms with E-state index in [0.717, 1.165) is 0 Å². The molecule has 0 aliphatic carbocycles. The number of rotatable bonds is 5. The van der Waals surface area contributed by atoms with Gasteiger partial charge >= 0.3 is 0 Å². The molecule has 1 rings (SSSR count). The summed E-state index contributed by atoms with van der Waals surface area (Å²) in [5.74, 6) is 2.50.